The second-order valence-electron chi connectivity index (χ2n) is 35.3. The average molecular weight is 1540 g/mol. The van der Waals surface area contributed by atoms with E-state index in [0.29, 0.717) is 73.6 Å². The molecule has 5 heterocycles. The van der Waals surface area contributed by atoms with Crippen LogP contribution in [0.4, 0.5) is 0 Å². The summed E-state index contributed by atoms with van der Waals surface area (Å²) in [6.07, 6.45) is 47.1. The van der Waals surface area contributed by atoms with Crippen LogP contribution in [0.5, 0.6) is 0 Å². The summed E-state index contributed by atoms with van der Waals surface area (Å²) < 4.78 is 67.2. The van der Waals surface area contributed by atoms with E-state index in [-0.39, 0.29) is 0 Å². The van der Waals surface area contributed by atoms with Gasteiger partial charge in [0.05, 0.1) is 0 Å². The van der Waals surface area contributed by atoms with E-state index < -0.39 is 0 Å². The summed E-state index contributed by atoms with van der Waals surface area (Å²) in [5.41, 5.74) is 25.9. The highest BCUT2D eigenvalue weighted by Crippen LogP contribution is 2.42. The molecule has 0 spiro atoms. The summed E-state index contributed by atoms with van der Waals surface area (Å²) in [4.78, 5) is 0. The van der Waals surface area contributed by atoms with Crippen molar-refractivity contribution in [1.29, 1.82) is 0 Å². The zero-order chi connectivity index (χ0) is 83.5. The Morgan fingerprint density at radius 1 is 0.228 bits per heavy atom. The van der Waals surface area contributed by atoms with E-state index in [2.05, 4.69) is 280 Å². The zero-order valence-electron chi connectivity index (χ0n) is 77.0. The maximum atomic E-state index is 9.12. The molecule has 11 aromatic rings. The Kier molecular flexibility index (Phi) is 25.7. The second kappa shape index (κ2) is 38.9. The Balaban J connectivity index is 0.000000122. The zero-order valence-corrected chi connectivity index (χ0v) is 72.0. The molecule has 0 N–H and O–H groups in total. The van der Waals surface area contributed by atoms with Crippen molar-refractivity contribution in [2.75, 3.05) is 0 Å². The third-order valence-corrected chi connectivity index (χ3v) is 27.6. The molecule has 0 atom stereocenters. The van der Waals surface area contributed by atoms with Gasteiger partial charge < -0.3 is 0 Å². The molecule has 0 unspecified atom stereocenters. The van der Waals surface area contributed by atoms with E-state index in [0.717, 1.165) is 22.8 Å². The Bertz CT molecular complexity index is 5060. The van der Waals surface area contributed by atoms with Crippen molar-refractivity contribution < 1.29 is 29.7 Å². The first-order valence-electron chi connectivity index (χ1n) is 47.7. The van der Waals surface area contributed by atoms with Crippen LogP contribution in [0, 0.1) is 83.1 Å². The Morgan fingerprint density at radius 3 is 0.746 bits per heavy atom. The van der Waals surface area contributed by atoms with Crippen LogP contribution in [0.2, 0.25) is 0 Å². The fraction of sp³-hybridized carbons (Fsp3) is 0.510. The Morgan fingerprint density at radius 2 is 0.447 bits per heavy atom. The average Bonchev–Trinajstić information content (AvgIpc) is 1.59. The van der Waals surface area contributed by atoms with Gasteiger partial charge in [0.15, 0.2) is 18.2 Å². The summed E-state index contributed by atoms with van der Waals surface area (Å²) in [7, 11) is 0. The predicted octanol–water partition coefficient (Wildman–Crippen LogP) is 25.4. The summed E-state index contributed by atoms with van der Waals surface area (Å²) in [5.74, 6) is 1.29. The quantitative estimate of drug-likeness (QED) is 0.103. The van der Waals surface area contributed by atoms with E-state index in [1.807, 2.05) is 0 Å². The normalized spacial score (nSPS) is 18.4. The molecule has 602 valence electrons. The number of nitrogens with zero attached hydrogens (tertiary/aromatic N) is 10. The first kappa shape index (κ1) is 75.4. The molecule has 0 amide bonds. The number of para-hydroxylation sites is 5. The van der Waals surface area contributed by atoms with E-state index >= 15 is 0 Å². The predicted molar refractivity (Wildman–Crippen MR) is 470 cm³/mol. The molecule has 0 radical (unpaired) electrons. The summed E-state index contributed by atoms with van der Waals surface area (Å²) in [6.45, 7) is 26.0. The molecule has 6 aromatic carbocycles. The highest BCUT2D eigenvalue weighted by molar-refractivity contribution is 5.61. The molecule has 10 nitrogen and oxygen atoms in total. The van der Waals surface area contributed by atoms with Gasteiger partial charge in [0.25, 0.3) is 0 Å². The van der Waals surface area contributed by atoms with Crippen LogP contribution in [0.25, 0.3) is 39.7 Å². The van der Waals surface area contributed by atoms with Crippen LogP contribution in [-0.4, -0.2) is 22.8 Å². The van der Waals surface area contributed by atoms with Crippen molar-refractivity contribution in [3.05, 3.63) is 262 Å². The Labute approximate surface area is 694 Å². The fourth-order valence-corrected chi connectivity index (χ4v) is 20.7. The van der Waals surface area contributed by atoms with Crippen LogP contribution in [-0.2, 0) is 0 Å². The minimum atomic E-state index is 0.426. The van der Waals surface area contributed by atoms with Gasteiger partial charge in [0.1, 0.15) is 104 Å². The van der Waals surface area contributed by atoms with Crippen molar-refractivity contribution in [2.45, 2.75) is 343 Å². The molecule has 7 saturated carbocycles. The number of aryl methyl sites for hydroxylation is 5. The third kappa shape index (κ3) is 18.6. The molecule has 18 rings (SSSR count). The maximum Gasteiger partial charge on any atom is 0.249 e. The largest absolute Gasteiger partial charge is 0.249 e. The number of imidazole rings is 5. The monoisotopic (exact) mass is 1540 g/mol. The van der Waals surface area contributed by atoms with Crippen LogP contribution in [0.3, 0.4) is 0 Å². The van der Waals surface area contributed by atoms with Gasteiger partial charge in [-0.2, -0.15) is 22.8 Å². The van der Waals surface area contributed by atoms with E-state index in [9.17, 15) is 0 Å². The van der Waals surface area contributed by atoms with Gasteiger partial charge in [-0.15, -0.1) is 0 Å². The molecule has 114 heavy (non-hydrogen) atoms. The summed E-state index contributed by atoms with van der Waals surface area (Å²) in [6, 6.07) is 55.2. The van der Waals surface area contributed by atoms with Gasteiger partial charge >= 0.3 is 0 Å². The Hall–Kier alpha value is -8.63. The van der Waals surface area contributed by atoms with E-state index in [4.69, 9.17) is 6.85 Å². The smallest absolute Gasteiger partial charge is 0.231 e. The fourth-order valence-electron chi connectivity index (χ4n) is 20.7. The molecule has 10 heteroatoms. The van der Waals surface area contributed by atoms with Gasteiger partial charge in [-0.3, -0.25) is 0 Å². The minimum Gasteiger partial charge on any atom is -0.231 e. The van der Waals surface area contributed by atoms with E-state index in [1.54, 1.807) is 0 Å². The number of hydrogen-bond acceptors (Lipinski definition) is 0. The molecule has 0 bridgehead atoms. The summed E-state index contributed by atoms with van der Waals surface area (Å²) >= 11 is 0. The van der Waals surface area contributed by atoms with Crippen LogP contribution in [0.1, 0.15) is 346 Å². The van der Waals surface area contributed by atoms with Crippen molar-refractivity contribution in [2.24, 2.45) is 0 Å². The molecular formula is C104H141N10+5. The highest BCUT2D eigenvalue weighted by Gasteiger charge is 2.38. The first-order valence-corrected chi connectivity index (χ1v) is 45.2. The molecule has 7 fully saturated rings. The number of hydrogen-bond donors (Lipinski definition) is 0. The van der Waals surface area contributed by atoms with Gasteiger partial charge in [0, 0.05) is 65.9 Å². The topological polar surface area (TPSA) is 44.0 Å². The van der Waals surface area contributed by atoms with Crippen molar-refractivity contribution in [3.63, 3.8) is 0 Å². The molecule has 0 aliphatic heterocycles. The SMILES string of the molecule is [2H]c1n(C2CCCCC2)c(-c2ccccc2)c(C)[n+]1-c1ccccc1C.[2H]c1n(C2CCCCC2)c(C)c(C)[n+]1-c1ccccc1C.[2H]c1n(C2CCCCC2)c(C)c(C)[n+]1-c1ccccc1C.[2H]c1n(C2CCCCC2)c(C2CCCC2)c(C)[n+]1-c1ccccc1C.[2H]c1n(C2CCCCC2)c(C2CCCCC2)c(C)[n+]1-c1ccccc1C. The molecular weight excluding hydrogens is 1390 g/mol. The maximum absolute atomic E-state index is 9.12. The molecule has 7 aliphatic carbocycles. The highest BCUT2D eigenvalue weighted by atomic mass is 15.2. The number of rotatable bonds is 13. The van der Waals surface area contributed by atoms with Crippen molar-refractivity contribution >= 4 is 0 Å². The lowest BCUT2D eigenvalue weighted by atomic mass is 9.85. The van der Waals surface area contributed by atoms with Gasteiger partial charge in [0.2, 0.25) is 31.5 Å². The molecule has 7 aliphatic rings. The minimum absolute atomic E-state index is 0.426. The van der Waals surface area contributed by atoms with Crippen molar-refractivity contribution in [3.8, 4) is 39.7 Å². The lowest BCUT2D eigenvalue weighted by Gasteiger charge is -2.25. The van der Waals surface area contributed by atoms with Crippen LogP contribution in [0.15, 0.2) is 183 Å². The van der Waals surface area contributed by atoms with Crippen LogP contribution >= 0.6 is 0 Å². The van der Waals surface area contributed by atoms with E-state index in [1.165, 1.54) is 314 Å². The lowest BCUT2D eigenvalue weighted by Crippen LogP contribution is -2.33. The standard InChI is InChI=1S/C23H33N2.C23H27N2.C22H31N2.2C18H25N2/c2*1-18-11-9-10-16-22(18)24-17-25(21-14-7-4-8-15-21)23(19(24)2)20-12-5-3-6-13-20;1-17-10-6-9-15-21(17)23-16-24(20-13-4-3-5-14-20)22(18(23)2)19-11-7-8-12-19;2*1-14-9-7-8-12-18(14)20-13-19(15(2)16(20)3)17-10-5-4-6-11-17/h9-11,16-17,20-21H,3-8,12-15H2,1-2H3;3,5-6,9-13,16-17,21H,4,7-8,14-15H2,1-2H3;6,9-10,15-16,19-20H,3-5,7-8,11-14H2,1-2H3;2*7-9,12-13,17H,4-6,10-11H2,1-3H3/q5*+1/i2*17D;16D;2*13D. The number of benzene rings is 6. The number of aromatic nitrogens is 10. The van der Waals surface area contributed by atoms with Gasteiger partial charge in [-0.1, -0.05) is 186 Å². The lowest BCUT2D eigenvalue weighted by molar-refractivity contribution is -0.603. The second-order valence-corrected chi connectivity index (χ2v) is 35.3. The van der Waals surface area contributed by atoms with Gasteiger partial charge in [-0.05, 0) is 247 Å². The summed E-state index contributed by atoms with van der Waals surface area (Å²) in [5, 5.41) is 0. The molecule has 5 aromatic heterocycles. The first-order chi connectivity index (χ1) is 57.8. The van der Waals surface area contributed by atoms with Crippen molar-refractivity contribution in [1.82, 2.24) is 22.8 Å². The third-order valence-electron chi connectivity index (χ3n) is 27.6. The van der Waals surface area contributed by atoms with Gasteiger partial charge in [-0.25, -0.2) is 22.8 Å². The molecule has 0 saturated heterocycles. The van der Waals surface area contributed by atoms with Crippen LogP contribution < -0.4 is 22.8 Å².